The van der Waals surface area contributed by atoms with E-state index in [1.165, 1.54) is 5.56 Å². The standard InChI is InChI=1S/C16H19N3OS/c1-3-12(17)10-14-15(18-16-19(14)7-8-21-16)20-13-6-4-5-11(2)9-13/h4-9,12H,3,10,17H2,1-2H3. The van der Waals surface area contributed by atoms with Crippen molar-refractivity contribution in [2.45, 2.75) is 32.7 Å². The van der Waals surface area contributed by atoms with Crippen LogP contribution in [0, 0.1) is 6.92 Å². The van der Waals surface area contributed by atoms with E-state index in [0.717, 1.165) is 29.2 Å². The highest BCUT2D eigenvalue weighted by Gasteiger charge is 2.17. The van der Waals surface area contributed by atoms with Gasteiger partial charge in [-0.05, 0) is 31.0 Å². The van der Waals surface area contributed by atoms with Crippen LogP contribution < -0.4 is 10.5 Å². The Bertz CT molecular complexity index is 747. The quantitative estimate of drug-likeness (QED) is 0.780. The van der Waals surface area contributed by atoms with Crippen molar-refractivity contribution in [1.82, 2.24) is 9.38 Å². The van der Waals surface area contributed by atoms with Crippen molar-refractivity contribution in [3.05, 3.63) is 47.1 Å². The van der Waals surface area contributed by atoms with Gasteiger partial charge in [-0.25, -0.2) is 0 Å². The number of nitrogens with zero attached hydrogens (tertiary/aromatic N) is 2. The molecule has 0 bridgehead atoms. The van der Waals surface area contributed by atoms with Gasteiger partial charge in [0, 0.05) is 24.0 Å². The number of hydrogen-bond donors (Lipinski definition) is 1. The molecule has 0 radical (unpaired) electrons. The largest absolute Gasteiger partial charge is 0.437 e. The summed E-state index contributed by atoms with van der Waals surface area (Å²) >= 11 is 1.60. The molecule has 4 nitrogen and oxygen atoms in total. The number of fused-ring (bicyclic) bond motifs is 1. The summed E-state index contributed by atoms with van der Waals surface area (Å²) in [6.45, 7) is 4.14. The van der Waals surface area contributed by atoms with Crippen LogP contribution in [-0.2, 0) is 6.42 Å². The predicted molar refractivity (Wildman–Crippen MR) is 86.3 cm³/mol. The Balaban J connectivity index is 1.97. The number of aryl methyl sites for hydroxylation is 1. The van der Waals surface area contributed by atoms with E-state index in [0.29, 0.717) is 5.88 Å². The van der Waals surface area contributed by atoms with Gasteiger partial charge >= 0.3 is 0 Å². The maximum absolute atomic E-state index is 6.12. The maximum Gasteiger partial charge on any atom is 0.242 e. The first kappa shape index (κ1) is 14.1. The molecule has 1 unspecified atom stereocenters. The molecule has 5 heteroatoms. The van der Waals surface area contributed by atoms with Gasteiger partial charge in [-0.2, -0.15) is 4.98 Å². The van der Waals surface area contributed by atoms with E-state index in [-0.39, 0.29) is 6.04 Å². The third-order valence-corrected chi connectivity index (χ3v) is 4.26. The second-order valence-electron chi connectivity index (χ2n) is 5.21. The molecule has 2 N–H and O–H groups in total. The third-order valence-electron chi connectivity index (χ3n) is 3.51. The van der Waals surface area contributed by atoms with E-state index in [9.17, 15) is 0 Å². The van der Waals surface area contributed by atoms with E-state index in [1.54, 1.807) is 11.3 Å². The molecule has 0 aliphatic heterocycles. The Labute approximate surface area is 128 Å². The van der Waals surface area contributed by atoms with Gasteiger partial charge in [0.15, 0.2) is 4.96 Å². The van der Waals surface area contributed by atoms with Crippen LogP contribution in [-0.4, -0.2) is 15.4 Å². The fourth-order valence-corrected chi connectivity index (χ4v) is 2.99. The van der Waals surface area contributed by atoms with Gasteiger partial charge in [0.2, 0.25) is 5.88 Å². The monoisotopic (exact) mass is 301 g/mol. The lowest BCUT2D eigenvalue weighted by atomic mass is 10.1. The van der Waals surface area contributed by atoms with Gasteiger partial charge in [-0.3, -0.25) is 4.40 Å². The highest BCUT2D eigenvalue weighted by Crippen LogP contribution is 2.29. The average molecular weight is 301 g/mol. The van der Waals surface area contributed by atoms with Crippen LogP contribution in [0.25, 0.3) is 4.96 Å². The molecule has 2 heterocycles. The lowest BCUT2D eigenvalue weighted by Crippen LogP contribution is -2.22. The lowest BCUT2D eigenvalue weighted by Gasteiger charge is -2.10. The molecule has 1 aromatic carbocycles. The molecule has 3 rings (SSSR count). The summed E-state index contributed by atoms with van der Waals surface area (Å²) in [6, 6.07) is 8.11. The average Bonchev–Trinajstić information content (AvgIpc) is 3.02. The minimum atomic E-state index is 0.115. The van der Waals surface area contributed by atoms with E-state index in [4.69, 9.17) is 10.5 Å². The SMILES string of the molecule is CCC(N)Cc1c(Oc2cccc(C)c2)nc2sccn12. The number of thiazole rings is 1. The van der Waals surface area contributed by atoms with Crippen LogP contribution >= 0.6 is 11.3 Å². The number of imidazole rings is 1. The van der Waals surface area contributed by atoms with Crippen molar-refractivity contribution in [3.8, 4) is 11.6 Å². The fraction of sp³-hybridized carbons (Fsp3) is 0.312. The molecule has 0 amide bonds. The van der Waals surface area contributed by atoms with Crippen LogP contribution in [0.2, 0.25) is 0 Å². The Morgan fingerprint density at radius 3 is 3.05 bits per heavy atom. The zero-order valence-electron chi connectivity index (χ0n) is 12.2. The van der Waals surface area contributed by atoms with Crippen molar-refractivity contribution in [2.24, 2.45) is 5.73 Å². The summed E-state index contributed by atoms with van der Waals surface area (Å²) in [6.07, 6.45) is 3.71. The van der Waals surface area contributed by atoms with Crippen molar-refractivity contribution in [3.63, 3.8) is 0 Å². The molecular weight excluding hydrogens is 282 g/mol. The molecule has 3 aromatic rings. The number of hydrogen-bond acceptors (Lipinski definition) is 4. The van der Waals surface area contributed by atoms with Crippen molar-refractivity contribution in [2.75, 3.05) is 0 Å². The molecule has 21 heavy (non-hydrogen) atoms. The topological polar surface area (TPSA) is 52.5 Å². The maximum atomic E-state index is 6.12. The smallest absolute Gasteiger partial charge is 0.242 e. The Kier molecular flexibility index (Phi) is 3.94. The Morgan fingerprint density at radius 2 is 2.29 bits per heavy atom. The number of benzene rings is 1. The highest BCUT2D eigenvalue weighted by atomic mass is 32.1. The first-order chi connectivity index (χ1) is 10.2. The molecule has 0 saturated heterocycles. The van der Waals surface area contributed by atoms with E-state index in [2.05, 4.69) is 16.3 Å². The number of nitrogens with two attached hydrogens (primary N) is 1. The number of ether oxygens (including phenoxy) is 1. The van der Waals surface area contributed by atoms with Gasteiger partial charge in [-0.1, -0.05) is 19.1 Å². The molecule has 0 fully saturated rings. The first-order valence-electron chi connectivity index (χ1n) is 7.12. The van der Waals surface area contributed by atoms with E-state index in [1.807, 2.05) is 42.8 Å². The Morgan fingerprint density at radius 1 is 1.43 bits per heavy atom. The van der Waals surface area contributed by atoms with Crippen LogP contribution in [0.3, 0.4) is 0 Å². The summed E-state index contributed by atoms with van der Waals surface area (Å²) in [5, 5.41) is 2.03. The minimum absolute atomic E-state index is 0.115. The van der Waals surface area contributed by atoms with Crippen molar-refractivity contribution >= 4 is 16.3 Å². The second kappa shape index (κ2) is 5.87. The normalized spacial score (nSPS) is 12.7. The third kappa shape index (κ3) is 2.94. The predicted octanol–water partition coefficient (Wildman–Crippen LogP) is 3.78. The number of rotatable bonds is 5. The molecule has 0 aliphatic carbocycles. The molecular formula is C16H19N3OS. The summed E-state index contributed by atoms with van der Waals surface area (Å²) in [5.74, 6) is 1.48. The van der Waals surface area contributed by atoms with Crippen molar-refractivity contribution in [1.29, 1.82) is 0 Å². The lowest BCUT2D eigenvalue weighted by molar-refractivity contribution is 0.454. The summed E-state index contributed by atoms with van der Waals surface area (Å²) in [7, 11) is 0. The van der Waals surface area contributed by atoms with Gasteiger partial charge in [0.1, 0.15) is 5.75 Å². The zero-order chi connectivity index (χ0) is 14.8. The number of aromatic nitrogens is 2. The van der Waals surface area contributed by atoms with Crippen LogP contribution in [0.5, 0.6) is 11.6 Å². The summed E-state index contributed by atoms with van der Waals surface area (Å²) in [5.41, 5.74) is 8.33. The fourth-order valence-electron chi connectivity index (χ4n) is 2.26. The van der Waals surface area contributed by atoms with Gasteiger partial charge < -0.3 is 10.5 Å². The van der Waals surface area contributed by atoms with Crippen LogP contribution in [0.15, 0.2) is 35.8 Å². The van der Waals surface area contributed by atoms with Crippen LogP contribution in [0.4, 0.5) is 0 Å². The molecule has 110 valence electrons. The second-order valence-corrected chi connectivity index (χ2v) is 6.08. The Hall–Kier alpha value is -1.85. The summed E-state index contributed by atoms with van der Waals surface area (Å²) in [4.78, 5) is 5.53. The summed E-state index contributed by atoms with van der Waals surface area (Å²) < 4.78 is 8.07. The van der Waals surface area contributed by atoms with Gasteiger partial charge in [0.25, 0.3) is 0 Å². The minimum Gasteiger partial charge on any atom is -0.437 e. The van der Waals surface area contributed by atoms with E-state index < -0.39 is 0 Å². The van der Waals surface area contributed by atoms with Crippen LogP contribution in [0.1, 0.15) is 24.6 Å². The molecule has 0 aliphatic rings. The van der Waals surface area contributed by atoms with Gasteiger partial charge in [-0.15, -0.1) is 11.3 Å². The first-order valence-corrected chi connectivity index (χ1v) is 8.00. The molecule has 1 atom stereocenters. The van der Waals surface area contributed by atoms with E-state index >= 15 is 0 Å². The zero-order valence-corrected chi connectivity index (χ0v) is 13.1. The molecule has 0 saturated carbocycles. The van der Waals surface area contributed by atoms with Crippen molar-refractivity contribution < 1.29 is 4.74 Å². The molecule has 2 aromatic heterocycles. The van der Waals surface area contributed by atoms with Gasteiger partial charge in [0.05, 0.1) is 5.69 Å². The highest BCUT2D eigenvalue weighted by molar-refractivity contribution is 7.15. The molecule has 0 spiro atoms.